The van der Waals surface area contributed by atoms with E-state index in [1.807, 2.05) is 24.4 Å². The summed E-state index contributed by atoms with van der Waals surface area (Å²) in [6, 6.07) is 3.73. The highest BCUT2D eigenvalue weighted by Crippen LogP contribution is 2.40. The van der Waals surface area contributed by atoms with Gasteiger partial charge in [-0.15, -0.1) is 34.0 Å². The molecule has 0 saturated heterocycles. The van der Waals surface area contributed by atoms with Gasteiger partial charge in [-0.05, 0) is 49.6 Å². The van der Waals surface area contributed by atoms with Crippen LogP contribution in [0.5, 0.6) is 0 Å². The molecule has 0 radical (unpaired) electrons. The molecule has 25 heavy (non-hydrogen) atoms. The van der Waals surface area contributed by atoms with Gasteiger partial charge in [0.05, 0.1) is 21.6 Å². The summed E-state index contributed by atoms with van der Waals surface area (Å²) in [5, 5.41) is 6.42. The predicted molar refractivity (Wildman–Crippen MR) is 104 cm³/mol. The van der Waals surface area contributed by atoms with Crippen molar-refractivity contribution in [2.75, 3.05) is 5.32 Å². The fourth-order valence-electron chi connectivity index (χ4n) is 3.06. The maximum atomic E-state index is 13.0. The Balaban J connectivity index is 1.73. The van der Waals surface area contributed by atoms with Gasteiger partial charge in [0.1, 0.15) is 9.88 Å². The maximum absolute atomic E-state index is 13.0. The van der Waals surface area contributed by atoms with Crippen molar-refractivity contribution in [1.82, 2.24) is 4.98 Å². The van der Waals surface area contributed by atoms with Crippen molar-refractivity contribution in [2.45, 2.75) is 32.6 Å². The highest BCUT2D eigenvalue weighted by molar-refractivity contribution is 7.17. The number of carbonyl (C=O) groups excluding carboxylic acids is 2. The van der Waals surface area contributed by atoms with Crippen LogP contribution in [0.25, 0.3) is 0 Å². The Labute approximate surface area is 157 Å². The Morgan fingerprint density at radius 3 is 2.72 bits per heavy atom. The highest BCUT2D eigenvalue weighted by atomic mass is 32.1. The molecular formula is C18H16N2O2S3. The van der Waals surface area contributed by atoms with Gasteiger partial charge in [0.2, 0.25) is 5.78 Å². The summed E-state index contributed by atoms with van der Waals surface area (Å²) in [4.78, 5) is 32.3. The van der Waals surface area contributed by atoms with Crippen LogP contribution in [0, 0.1) is 6.92 Å². The van der Waals surface area contributed by atoms with E-state index in [1.165, 1.54) is 27.6 Å². The summed E-state index contributed by atoms with van der Waals surface area (Å²) in [6.07, 6.45) is 5.72. The number of thiazole rings is 1. The van der Waals surface area contributed by atoms with E-state index in [4.69, 9.17) is 0 Å². The number of amides is 1. The first-order valence-electron chi connectivity index (χ1n) is 8.10. The van der Waals surface area contributed by atoms with E-state index in [0.717, 1.165) is 41.1 Å². The van der Waals surface area contributed by atoms with Gasteiger partial charge in [0.25, 0.3) is 5.91 Å². The molecule has 1 aliphatic rings. The Morgan fingerprint density at radius 2 is 2.00 bits per heavy atom. The Bertz CT molecular complexity index is 938. The molecule has 0 unspecified atom stereocenters. The van der Waals surface area contributed by atoms with Crippen LogP contribution in [0.1, 0.15) is 53.2 Å². The van der Waals surface area contributed by atoms with Gasteiger partial charge in [0, 0.05) is 4.88 Å². The zero-order chi connectivity index (χ0) is 17.4. The summed E-state index contributed by atoms with van der Waals surface area (Å²) in [5.41, 5.74) is 1.82. The molecule has 1 amide bonds. The zero-order valence-electron chi connectivity index (χ0n) is 13.6. The standard InChI is InChI=1S/C18H16N2O2S3/c1-10-19-9-14(24-10)17(22)20-18-15(16(21)13-7-4-8-23-13)11-5-2-3-6-12(11)25-18/h4,7-9H,2-3,5-6H2,1H3,(H,20,22). The van der Waals surface area contributed by atoms with Crippen molar-refractivity contribution in [2.24, 2.45) is 0 Å². The third-order valence-electron chi connectivity index (χ3n) is 4.22. The third-order valence-corrected chi connectivity index (χ3v) is 7.20. The Hall–Kier alpha value is -1.83. The minimum absolute atomic E-state index is 0.0187. The largest absolute Gasteiger partial charge is 0.312 e. The number of nitrogens with zero attached hydrogens (tertiary/aromatic N) is 1. The Kier molecular flexibility index (Phi) is 4.54. The topological polar surface area (TPSA) is 59.1 Å². The van der Waals surface area contributed by atoms with Crippen LogP contribution in [0.2, 0.25) is 0 Å². The number of aromatic nitrogens is 1. The molecule has 128 valence electrons. The second-order valence-electron chi connectivity index (χ2n) is 5.92. The highest BCUT2D eigenvalue weighted by Gasteiger charge is 2.27. The molecule has 4 nitrogen and oxygen atoms in total. The first kappa shape index (κ1) is 16.6. The number of ketones is 1. The number of aryl methyl sites for hydroxylation is 2. The number of nitrogens with one attached hydrogen (secondary N) is 1. The lowest BCUT2D eigenvalue weighted by molar-refractivity contribution is 0.103. The van der Waals surface area contributed by atoms with Crippen molar-refractivity contribution in [1.29, 1.82) is 0 Å². The van der Waals surface area contributed by atoms with Crippen LogP contribution < -0.4 is 5.32 Å². The molecule has 3 heterocycles. The smallest absolute Gasteiger partial charge is 0.268 e. The van der Waals surface area contributed by atoms with Crippen LogP contribution in [-0.2, 0) is 12.8 Å². The monoisotopic (exact) mass is 388 g/mol. The van der Waals surface area contributed by atoms with Crippen LogP contribution >= 0.6 is 34.0 Å². The first-order valence-corrected chi connectivity index (χ1v) is 10.6. The van der Waals surface area contributed by atoms with E-state index < -0.39 is 0 Å². The summed E-state index contributed by atoms with van der Waals surface area (Å²) < 4.78 is 0. The minimum Gasteiger partial charge on any atom is -0.312 e. The van der Waals surface area contributed by atoms with Crippen molar-refractivity contribution < 1.29 is 9.59 Å². The molecule has 0 atom stereocenters. The van der Waals surface area contributed by atoms with Crippen molar-refractivity contribution in [3.8, 4) is 0 Å². The third kappa shape index (κ3) is 3.19. The quantitative estimate of drug-likeness (QED) is 0.644. The van der Waals surface area contributed by atoms with Gasteiger partial charge >= 0.3 is 0 Å². The van der Waals surface area contributed by atoms with E-state index in [-0.39, 0.29) is 11.7 Å². The van der Waals surface area contributed by atoms with E-state index in [0.29, 0.717) is 15.4 Å². The van der Waals surface area contributed by atoms with E-state index >= 15 is 0 Å². The fraction of sp³-hybridized carbons (Fsp3) is 0.278. The number of carbonyl (C=O) groups is 2. The molecule has 0 saturated carbocycles. The number of thiophene rings is 2. The molecular weight excluding hydrogens is 372 g/mol. The molecule has 4 rings (SSSR count). The average Bonchev–Trinajstić information content (AvgIpc) is 3.33. The Morgan fingerprint density at radius 1 is 1.16 bits per heavy atom. The summed E-state index contributed by atoms with van der Waals surface area (Å²) in [7, 11) is 0. The lowest BCUT2D eigenvalue weighted by Crippen LogP contribution is -2.13. The van der Waals surface area contributed by atoms with Gasteiger partial charge in [0.15, 0.2) is 0 Å². The predicted octanol–water partition coefficient (Wildman–Crippen LogP) is 4.94. The molecule has 0 bridgehead atoms. The van der Waals surface area contributed by atoms with Crippen LogP contribution in [0.3, 0.4) is 0 Å². The first-order chi connectivity index (χ1) is 12.1. The van der Waals surface area contributed by atoms with Crippen LogP contribution in [-0.4, -0.2) is 16.7 Å². The summed E-state index contributed by atoms with van der Waals surface area (Å²) in [6.45, 7) is 1.87. The molecule has 0 aromatic carbocycles. The molecule has 3 aromatic rings. The molecule has 0 aliphatic heterocycles. The molecule has 3 aromatic heterocycles. The lowest BCUT2D eigenvalue weighted by Gasteiger charge is -2.12. The normalized spacial score (nSPS) is 13.5. The van der Waals surface area contributed by atoms with Gasteiger partial charge in [-0.1, -0.05) is 6.07 Å². The number of anilines is 1. The zero-order valence-corrected chi connectivity index (χ0v) is 16.1. The van der Waals surface area contributed by atoms with Crippen molar-refractivity contribution >= 4 is 50.7 Å². The van der Waals surface area contributed by atoms with E-state index in [9.17, 15) is 9.59 Å². The number of fused-ring (bicyclic) bond motifs is 1. The molecule has 0 spiro atoms. The molecule has 1 N–H and O–H groups in total. The van der Waals surface area contributed by atoms with E-state index in [1.54, 1.807) is 17.5 Å². The second-order valence-corrected chi connectivity index (χ2v) is 9.21. The van der Waals surface area contributed by atoms with Crippen LogP contribution in [0.15, 0.2) is 23.7 Å². The number of hydrogen-bond donors (Lipinski definition) is 1. The summed E-state index contributed by atoms with van der Waals surface area (Å²) >= 11 is 4.36. The minimum atomic E-state index is -0.190. The van der Waals surface area contributed by atoms with Crippen LogP contribution in [0.4, 0.5) is 5.00 Å². The number of hydrogen-bond acceptors (Lipinski definition) is 6. The van der Waals surface area contributed by atoms with Gasteiger partial charge in [-0.3, -0.25) is 9.59 Å². The van der Waals surface area contributed by atoms with E-state index in [2.05, 4.69) is 10.3 Å². The maximum Gasteiger partial charge on any atom is 0.268 e. The van der Waals surface area contributed by atoms with Gasteiger partial charge in [-0.25, -0.2) is 4.98 Å². The molecule has 7 heteroatoms. The fourth-order valence-corrected chi connectivity index (χ4v) is 5.68. The SMILES string of the molecule is Cc1ncc(C(=O)Nc2sc3c(c2C(=O)c2cccs2)CCCC3)s1. The van der Waals surface area contributed by atoms with Crippen molar-refractivity contribution in [3.05, 3.63) is 54.5 Å². The second kappa shape index (κ2) is 6.82. The molecule has 0 fully saturated rings. The van der Waals surface area contributed by atoms with Crippen molar-refractivity contribution in [3.63, 3.8) is 0 Å². The van der Waals surface area contributed by atoms with Gasteiger partial charge < -0.3 is 5.32 Å². The van der Waals surface area contributed by atoms with Gasteiger partial charge in [-0.2, -0.15) is 0 Å². The number of rotatable bonds is 4. The summed E-state index contributed by atoms with van der Waals surface area (Å²) in [5.74, 6) is -0.172. The lowest BCUT2D eigenvalue weighted by atomic mass is 9.93. The average molecular weight is 389 g/mol. The molecule has 1 aliphatic carbocycles.